The molecule has 0 unspecified atom stereocenters. The number of hydrogen-bond acceptors (Lipinski definition) is 8. The van der Waals surface area contributed by atoms with E-state index < -0.39 is 9.84 Å². The minimum absolute atomic E-state index is 0.187. The van der Waals surface area contributed by atoms with Crippen LogP contribution in [0.15, 0.2) is 65.6 Å². The van der Waals surface area contributed by atoms with Gasteiger partial charge in [0.2, 0.25) is 0 Å². The van der Waals surface area contributed by atoms with E-state index in [-0.39, 0.29) is 10.9 Å². The third kappa shape index (κ3) is 5.79. The van der Waals surface area contributed by atoms with Crippen LogP contribution >= 0.6 is 0 Å². The van der Waals surface area contributed by atoms with E-state index in [0.29, 0.717) is 29.4 Å². The maximum atomic E-state index is 12.3. The van der Waals surface area contributed by atoms with Crippen LogP contribution in [0.5, 0.6) is 5.75 Å². The van der Waals surface area contributed by atoms with Gasteiger partial charge in [-0.15, -0.1) is 10.2 Å². The number of ether oxygens (including phenoxy) is 1. The fraction of sp³-hybridized carbons (Fsp3) is 0.345. The van der Waals surface area contributed by atoms with Gasteiger partial charge < -0.3 is 15.0 Å². The number of rotatable bonds is 8. The lowest BCUT2D eigenvalue weighted by molar-refractivity contribution is 0.226. The average Bonchev–Trinajstić information content (AvgIpc) is 2.92. The molecule has 0 spiro atoms. The van der Waals surface area contributed by atoms with Crippen molar-refractivity contribution in [1.82, 2.24) is 20.1 Å². The number of likely N-dealkylation sites (tertiary alicyclic amines) is 1. The predicted octanol–water partition coefficient (Wildman–Crippen LogP) is 4.88. The summed E-state index contributed by atoms with van der Waals surface area (Å²) < 4.78 is 30.8. The summed E-state index contributed by atoms with van der Waals surface area (Å²) in [5, 5.41) is 13.6. The number of nitrogens with one attached hydrogen (secondary N) is 1. The summed E-state index contributed by atoms with van der Waals surface area (Å²) in [7, 11) is -3.43. The molecule has 198 valence electrons. The van der Waals surface area contributed by atoms with Crippen LogP contribution in [-0.2, 0) is 16.4 Å². The highest BCUT2D eigenvalue weighted by Crippen LogP contribution is 2.37. The molecule has 0 saturated carbocycles. The van der Waals surface area contributed by atoms with Crippen molar-refractivity contribution in [2.24, 2.45) is 0 Å². The highest BCUT2D eigenvalue weighted by atomic mass is 32.2. The number of aryl methyl sites for hydroxylation is 1. The van der Waals surface area contributed by atoms with Crippen LogP contribution < -0.4 is 10.1 Å². The van der Waals surface area contributed by atoms with Gasteiger partial charge in [-0.2, -0.15) is 0 Å². The van der Waals surface area contributed by atoms with Crippen molar-refractivity contribution >= 4 is 26.6 Å². The number of anilines is 1. The van der Waals surface area contributed by atoms with Crippen molar-refractivity contribution in [2.75, 3.05) is 31.2 Å². The summed E-state index contributed by atoms with van der Waals surface area (Å²) in [6.45, 7) is 7.53. The van der Waals surface area contributed by atoms with Gasteiger partial charge in [0, 0.05) is 35.5 Å². The number of fused-ring (bicyclic) bond motifs is 1. The summed E-state index contributed by atoms with van der Waals surface area (Å²) in [6, 6.07) is 18.9. The van der Waals surface area contributed by atoms with E-state index in [1.807, 2.05) is 49.4 Å². The maximum absolute atomic E-state index is 12.3. The number of hydrogen-bond donors (Lipinski definition) is 1. The second-order valence-electron chi connectivity index (χ2n) is 9.83. The van der Waals surface area contributed by atoms with Gasteiger partial charge in [0.05, 0.1) is 4.90 Å². The van der Waals surface area contributed by atoms with Gasteiger partial charge in [-0.05, 0) is 68.8 Å². The normalized spacial score (nSPS) is 16.4. The van der Waals surface area contributed by atoms with E-state index in [1.165, 1.54) is 6.26 Å². The Morgan fingerprint density at radius 2 is 1.89 bits per heavy atom. The molecule has 1 aliphatic rings. The second kappa shape index (κ2) is 11.0. The van der Waals surface area contributed by atoms with Crippen LogP contribution in [0.1, 0.15) is 31.0 Å². The SMILES string of the molecule is CCN1CCC[C@@H](Nc2nnc(-c3ccc(S(C)(=O)=O)cc3OCc3ccccc3)c3ccc(C)nc23)C1. The van der Waals surface area contributed by atoms with Crippen LogP contribution in [0.3, 0.4) is 0 Å². The van der Waals surface area contributed by atoms with Crippen LogP contribution in [0.4, 0.5) is 5.82 Å². The van der Waals surface area contributed by atoms with Crippen molar-refractivity contribution in [3.63, 3.8) is 0 Å². The molecule has 0 aliphatic carbocycles. The summed E-state index contributed by atoms with van der Waals surface area (Å²) in [5.41, 5.74) is 3.86. The highest BCUT2D eigenvalue weighted by Gasteiger charge is 2.23. The van der Waals surface area contributed by atoms with Crippen LogP contribution in [0.2, 0.25) is 0 Å². The van der Waals surface area contributed by atoms with Gasteiger partial charge in [0.25, 0.3) is 0 Å². The van der Waals surface area contributed by atoms with Gasteiger partial charge in [-0.3, -0.25) is 0 Å². The molecule has 2 aromatic carbocycles. The van der Waals surface area contributed by atoms with E-state index in [0.717, 1.165) is 54.6 Å². The van der Waals surface area contributed by atoms with E-state index in [4.69, 9.17) is 9.72 Å². The second-order valence-corrected chi connectivity index (χ2v) is 11.8. The predicted molar refractivity (Wildman–Crippen MR) is 150 cm³/mol. The molecule has 1 N–H and O–H groups in total. The Kier molecular flexibility index (Phi) is 7.58. The molecule has 2 aromatic heterocycles. The lowest BCUT2D eigenvalue weighted by Gasteiger charge is -2.32. The maximum Gasteiger partial charge on any atom is 0.175 e. The molecule has 1 aliphatic heterocycles. The van der Waals surface area contributed by atoms with Crippen LogP contribution in [0, 0.1) is 6.92 Å². The molecule has 1 atom stereocenters. The smallest absolute Gasteiger partial charge is 0.175 e. The van der Waals surface area contributed by atoms with Gasteiger partial charge >= 0.3 is 0 Å². The first kappa shape index (κ1) is 26.1. The number of likely N-dealkylation sites (N-methyl/N-ethyl adjacent to an activating group) is 1. The lowest BCUT2D eigenvalue weighted by atomic mass is 10.0. The molecule has 0 bridgehead atoms. The summed E-state index contributed by atoms with van der Waals surface area (Å²) in [6.07, 6.45) is 3.39. The Morgan fingerprint density at radius 1 is 1.08 bits per heavy atom. The van der Waals surface area contributed by atoms with Crippen molar-refractivity contribution < 1.29 is 13.2 Å². The van der Waals surface area contributed by atoms with E-state index >= 15 is 0 Å². The van der Waals surface area contributed by atoms with Crippen molar-refractivity contribution in [3.05, 3.63) is 71.9 Å². The molecule has 5 rings (SSSR count). The summed E-state index contributed by atoms with van der Waals surface area (Å²) in [5.74, 6) is 1.09. The minimum Gasteiger partial charge on any atom is -0.488 e. The number of piperidine rings is 1. The first-order valence-corrected chi connectivity index (χ1v) is 14.8. The number of pyridine rings is 1. The molecule has 0 radical (unpaired) electrons. The van der Waals surface area contributed by atoms with E-state index in [2.05, 4.69) is 27.3 Å². The number of nitrogens with zero attached hydrogens (tertiary/aromatic N) is 4. The van der Waals surface area contributed by atoms with Gasteiger partial charge in [0.15, 0.2) is 15.7 Å². The van der Waals surface area contributed by atoms with Gasteiger partial charge in [-0.1, -0.05) is 37.3 Å². The molecule has 8 nitrogen and oxygen atoms in total. The molecule has 1 saturated heterocycles. The largest absolute Gasteiger partial charge is 0.488 e. The molecule has 9 heteroatoms. The third-order valence-electron chi connectivity index (χ3n) is 6.93. The zero-order valence-corrected chi connectivity index (χ0v) is 22.8. The molecule has 0 amide bonds. The first-order chi connectivity index (χ1) is 18.3. The minimum atomic E-state index is -3.43. The fourth-order valence-corrected chi connectivity index (χ4v) is 5.50. The van der Waals surface area contributed by atoms with Crippen LogP contribution in [0.25, 0.3) is 22.2 Å². The fourth-order valence-electron chi connectivity index (χ4n) is 4.86. The summed E-state index contributed by atoms with van der Waals surface area (Å²) >= 11 is 0. The van der Waals surface area contributed by atoms with Crippen LogP contribution in [-0.4, -0.2) is 60.4 Å². The zero-order chi connectivity index (χ0) is 26.7. The monoisotopic (exact) mass is 531 g/mol. The number of sulfone groups is 1. The van der Waals surface area contributed by atoms with Gasteiger partial charge in [0.1, 0.15) is 23.6 Å². The zero-order valence-electron chi connectivity index (χ0n) is 22.0. The summed E-state index contributed by atoms with van der Waals surface area (Å²) in [4.78, 5) is 7.45. The molecule has 38 heavy (non-hydrogen) atoms. The quantitative estimate of drug-likeness (QED) is 0.344. The Bertz CT molecular complexity index is 1540. The van der Waals surface area contributed by atoms with E-state index in [1.54, 1.807) is 18.2 Å². The van der Waals surface area contributed by atoms with E-state index in [9.17, 15) is 8.42 Å². The van der Waals surface area contributed by atoms with Gasteiger partial charge in [-0.25, -0.2) is 13.4 Å². The first-order valence-electron chi connectivity index (χ1n) is 13.0. The molecular formula is C29H33N5O3S. The number of benzene rings is 2. The molecule has 3 heterocycles. The number of aromatic nitrogens is 3. The Labute approximate surface area is 224 Å². The third-order valence-corrected chi connectivity index (χ3v) is 8.04. The lowest BCUT2D eigenvalue weighted by Crippen LogP contribution is -2.42. The highest BCUT2D eigenvalue weighted by molar-refractivity contribution is 7.90. The average molecular weight is 532 g/mol. The Balaban J connectivity index is 1.57. The molecule has 1 fully saturated rings. The van der Waals surface area contributed by atoms with Crippen molar-refractivity contribution in [3.8, 4) is 17.0 Å². The topological polar surface area (TPSA) is 97.3 Å². The standard InChI is InChI=1S/C29H33N5O3S/c1-4-34-16-8-11-22(18-34)31-29-28-25(14-12-20(2)30-28)27(32-33-29)24-15-13-23(38(3,35)36)17-26(24)37-19-21-9-6-5-7-10-21/h5-7,9-10,12-15,17,22H,4,8,11,16,18-19H2,1-3H3,(H,31,33)/t22-/m1/s1. The Morgan fingerprint density at radius 3 is 2.66 bits per heavy atom. The van der Waals surface area contributed by atoms with Crippen molar-refractivity contribution in [2.45, 2.75) is 44.2 Å². The molecular weight excluding hydrogens is 498 g/mol. The molecule has 4 aromatic rings. The van der Waals surface area contributed by atoms with Crippen molar-refractivity contribution in [1.29, 1.82) is 0 Å². The Hall–Kier alpha value is -3.56.